The summed E-state index contributed by atoms with van der Waals surface area (Å²) in [5.41, 5.74) is 2.63. The summed E-state index contributed by atoms with van der Waals surface area (Å²) in [5, 5.41) is 3.54. The van der Waals surface area contributed by atoms with Crippen LogP contribution in [0.1, 0.15) is 25.3 Å². The Labute approximate surface area is 128 Å². The number of rotatable bonds is 6. The Morgan fingerprint density at radius 1 is 1.33 bits per heavy atom. The van der Waals surface area contributed by atoms with E-state index in [0.717, 1.165) is 38.8 Å². The lowest BCUT2D eigenvalue weighted by atomic mass is 10.1. The predicted octanol–water partition coefficient (Wildman–Crippen LogP) is 2.54. The molecule has 0 unspecified atom stereocenters. The Morgan fingerprint density at radius 3 is 2.90 bits per heavy atom. The molecule has 1 aliphatic heterocycles. The molecule has 21 heavy (non-hydrogen) atoms. The van der Waals surface area contributed by atoms with Gasteiger partial charge in [-0.15, -0.1) is 0 Å². The van der Waals surface area contributed by atoms with Gasteiger partial charge in [-0.1, -0.05) is 42.0 Å². The molecule has 0 radical (unpaired) electrons. The number of nitrogens with one attached hydrogen (secondary N) is 1. The maximum atomic E-state index is 5.86. The molecule has 1 saturated heterocycles. The SMILES string of the molecule is C/C(=C\c1ccccc1)CNC[C@@H]1CN(C2CC2)CCO1. The smallest absolute Gasteiger partial charge is 0.0826 e. The molecule has 114 valence electrons. The highest BCUT2D eigenvalue weighted by molar-refractivity contribution is 5.52. The summed E-state index contributed by atoms with van der Waals surface area (Å²) in [6, 6.07) is 11.3. The lowest BCUT2D eigenvalue weighted by Crippen LogP contribution is -2.47. The highest BCUT2D eigenvalue weighted by Crippen LogP contribution is 2.28. The molecule has 1 saturated carbocycles. The second kappa shape index (κ2) is 7.21. The molecule has 2 fully saturated rings. The molecular weight excluding hydrogens is 260 g/mol. The summed E-state index contributed by atoms with van der Waals surface area (Å²) < 4.78 is 5.86. The third-order valence-electron chi connectivity index (χ3n) is 4.22. The van der Waals surface area contributed by atoms with Crippen molar-refractivity contribution >= 4 is 6.08 Å². The Morgan fingerprint density at radius 2 is 2.14 bits per heavy atom. The largest absolute Gasteiger partial charge is 0.374 e. The van der Waals surface area contributed by atoms with Crippen LogP contribution in [0.3, 0.4) is 0 Å². The molecule has 3 heteroatoms. The quantitative estimate of drug-likeness (QED) is 0.870. The van der Waals surface area contributed by atoms with Crippen LogP contribution in [0.4, 0.5) is 0 Å². The Hall–Kier alpha value is -1.16. The highest BCUT2D eigenvalue weighted by Gasteiger charge is 2.32. The molecule has 0 aromatic heterocycles. The van der Waals surface area contributed by atoms with Crippen LogP contribution in [0.25, 0.3) is 6.08 Å². The lowest BCUT2D eigenvalue weighted by Gasteiger charge is -2.33. The van der Waals surface area contributed by atoms with Crippen molar-refractivity contribution < 1.29 is 4.74 Å². The van der Waals surface area contributed by atoms with Crippen LogP contribution < -0.4 is 5.32 Å². The molecule has 3 rings (SSSR count). The molecule has 1 aliphatic carbocycles. The molecule has 1 atom stereocenters. The number of ether oxygens (including phenoxy) is 1. The van der Waals surface area contributed by atoms with Gasteiger partial charge in [-0.05, 0) is 25.3 Å². The van der Waals surface area contributed by atoms with Gasteiger partial charge in [0.05, 0.1) is 12.7 Å². The van der Waals surface area contributed by atoms with E-state index in [1.807, 2.05) is 0 Å². The lowest BCUT2D eigenvalue weighted by molar-refractivity contribution is -0.0296. The highest BCUT2D eigenvalue weighted by atomic mass is 16.5. The molecule has 1 heterocycles. The fourth-order valence-electron chi connectivity index (χ4n) is 2.95. The number of hydrogen-bond acceptors (Lipinski definition) is 3. The van der Waals surface area contributed by atoms with E-state index in [1.54, 1.807) is 0 Å². The van der Waals surface area contributed by atoms with Crippen LogP contribution in [-0.2, 0) is 4.74 Å². The standard InChI is InChI=1S/C18H26N2O/c1-15(11-16-5-3-2-4-6-16)12-19-13-18-14-20(9-10-21-18)17-7-8-17/h2-6,11,17-19H,7-10,12-14H2,1H3/b15-11+/t18-/m1/s1. The van der Waals surface area contributed by atoms with E-state index in [4.69, 9.17) is 4.74 Å². The molecule has 3 nitrogen and oxygen atoms in total. The number of benzene rings is 1. The second-order valence-corrected chi connectivity index (χ2v) is 6.25. The minimum Gasteiger partial charge on any atom is -0.374 e. The average Bonchev–Trinajstić information content (AvgIpc) is 3.33. The van der Waals surface area contributed by atoms with Gasteiger partial charge >= 0.3 is 0 Å². The zero-order chi connectivity index (χ0) is 14.5. The Kier molecular flexibility index (Phi) is 5.07. The number of nitrogens with zero attached hydrogens (tertiary/aromatic N) is 1. The van der Waals surface area contributed by atoms with Gasteiger partial charge in [0.15, 0.2) is 0 Å². The van der Waals surface area contributed by atoms with Crippen LogP contribution >= 0.6 is 0 Å². The minimum absolute atomic E-state index is 0.351. The van der Waals surface area contributed by atoms with Crippen LogP contribution in [0.2, 0.25) is 0 Å². The summed E-state index contributed by atoms with van der Waals surface area (Å²) in [7, 11) is 0. The van der Waals surface area contributed by atoms with Crippen molar-refractivity contribution in [3.8, 4) is 0 Å². The molecule has 0 bridgehead atoms. The zero-order valence-electron chi connectivity index (χ0n) is 12.9. The molecule has 0 spiro atoms. The molecule has 2 aliphatic rings. The van der Waals surface area contributed by atoms with Crippen molar-refractivity contribution in [2.45, 2.75) is 31.9 Å². The van der Waals surface area contributed by atoms with Gasteiger partial charge in [0, 0.05) is 32.2 Å². The van der Waals surface area contributed by atoms with Gasteiger partial charge in [-0.25, -0.2) is 0 Å². The molecule has 1 aromatic carbocycles. The summed E-state index contributed by atoms with van der Waals surface area (Å²) >= 11 is 0. The summed E-state index contributed by atoms with van der Waals surface area (Å²) in [6.07, 6.45) is 5.37. The van der Waals surface area contributed by atoms with E-state index < -0.39 is 0 Å². The predicted molar refractivity (Wildman–Crippen MR) is 87.3 cm³/mol. The third kappa shape index (κ3) is 4.67. The van der Waals surface area contributed by atoms with Gasteiger partial charge in [0.25, 0.3) is 0 Å². The normalized spacial score (nSPS) is 24.2. The van der Waals surface area contributed by atoms with Crippen molar-refractivity contribution in [3.05, 3.63) is 41.5 Å². The molecule has 1 N–H and O–H groups in total. The van der Waals surface area contributed by atoms with Crippen molar-refractivity contribution in [2.75, 3.05) is 32.8 Å². The first-order chi connectivity index (χ1) is 10.3. The first-order valence-electron chi connectivity index (χ1n) is 8.10. The fourth-order valence-corrected chi connectivity index (χ4v) is 2.95. The van der Waals surface area contributed by atoms with Crippen molar-refractivity contribution in [2.24, 2.45) is 0 Å². The number of morpholine rings is 1. The van der Waals surface area contributed by atoms with E-state index in [-0.39, 0.29) is 0 Å². The van der Waals surface area contributed by atoms with E-state index in [2.05, 4.69) is 53.5 Å². The average molecular weight is 286 g/mol. The van der Waals surface area contributed by atoms with Gasteiger partial charge in [-0.3, -0.25) is 4.90 Å². The van der Waals surface area contributed by atoms with Gasteiger partial charge < -0.3 is 10.1 Å². The first kappa shape index (κ1) is 14.8. The molecule has 0 amide bonds. The number of hydrogen-bond donors (Lipinski definition) is 1. The molecular formula is C18H26N2O. The summed E-state index contributed by atoms with van der Waals surface area (Å²) in [6.45, 7) is 7.16. The van der Waals surface area contributed by atoms with Gasteiger partial charge in [0.2, 0.25) is 0 Å². The van der Waals surface area contributed by atoms with E-state index in [9.17, 15) is 0 Å². The van der Waals surface area contributed by atoms with Gasteiger partial charge in [-0.2, -0.15) is 0 Å². The zero-order valence-corrected chi connectivity index (χ0v) is 12.9. The maximum absolute atomic E-state index is 5.86. The van der Waals surface area contributed by atoms with E-state index >= 15 is 0 Å². The second-order valence-electron chi connectivity index (χ2n) is 6.25. The summed E-state index contributed by atoms with van der Waals surface area (Å²) in [5.74, 6) is 0. The van der Waals surface area contributed by atoms with Crippen LogP contribution in [-0.4, -0.2) is 49.8 Å². The Bertz CT molecular complexity index is 467. The van der Waals surface area contributed by atoms with Crippen molar-refractivity contribution in [1.82, 2.24) is 10.2 Å². The Balaban J connectivity index is 1.40. The topological polar surface area (TPSA) is 24.5 Å². The van der Waals surface area contributed by atoms with E-state index in [0.29, 0.717) is 6.10 Å². The molecule has 1 aromatic rings. The van der Waals surface area contributed by atoms with Crippen molar-refractivity contribution in [3.63, 3.8) is 0 Å². The van der Waals surface area contributed by atoms with Crippen LogP contribution in [0.15, 0.2) is 35.9 Å². The fraction of sp³-hybridized carbons (Fsp3) is 0.556. The third-order valence-corrected chi connectivity index (χ3v) is 4.22. The maximum Gasteiger partial charge on any atom is 0.0826 e. The van der Waals surface area contributed by atoms with Crippen LogP contribution in [0, 0.1) is 0 Å². The minimum atomic E-state index is 0.351. The van der Waals surface area contributed by atoms with E-state index in [1.165, 1.54) is 24.0 Å². The van der Waals surface area contributed by atoms with Gasteiger partial charge in [0.1, 0.15) is 0 Å². The first-order valence-corrected chi connectivity index (χ1v) is 8.10. The summed E-state index contributed by atoms with van der Waals surface area (Å²) in [4.78, 5) is 2.60. The monoisotopic (exact) mass is 286 g/mol. The van der Waals surface area contributed by atoms with Crippen LogP contribution in [0.5, 0.6) is 0 Å². The van der Waals surface area contributed by atoms with Crippen molar-refractivity contribution in [1.29, 1.82) is 0 Å².